The van der Waals surface area contributed by atoms with Crippen LogP contribution in [-0.2, 0) is 4.74 Å². The normalized spacial score (nSPS) is 17.0. The lowest BCUT2D eigenvalue weighted by atomic mass is 10.1. The number of aromatic nitrogens is 1. The largest absolute Gasteiger partial charge is 0.378 e. The van der Waals surface area contributed by atoms with E-state index in [4.69, 9.17) is 4.74 Å². The Morgan fingerprint density at radius 2 is 1.87 bits per heavy atom. The number of rotatable bonds is 4. The predicted molar refractivity (Wildman–Crippen MR) is 120 cm³/mol. The zero-order valence-corrected chi connectivity index (χ0v) is 17.9. The number of amides is 2. The summed E-state index contributed by atoms with van der Waals surface area (Å²) in [6, 6.07) is 9.01. The number of aryl methyl sites for hydroxylation is 1. The number of pyridine rings is 1. The van der Waals surface area contributed by atoms with Gasteiger partial charge in [-0.25, -0.2) is 4.98 Å². The van der Waals surface area contributed by atoms with E-state index in [1.54, 1.807) is 24.4 Å². The Bertz CT molecular complexity index is 924. The number of hydrogen-bond acceptors (Lipinski definition) is 6. The van der Waals surface area contributed by atoms with Crippen LogP contribution in [-0.4, -0.2) is 72.6 Å². The third kappa shape index (κ3) is 4.60. The van der Waals surface area contributed by atoms with Gasteiger partial charge in [0.05, 0.1) is 18.8 Å². The third-order valence-corrected chi connectivity index (χ3v) is 6.30. The zero-order valence-electron chi connectivity index (χ0n) is 17.1. The molecule has 1 aromatic carbocycles. The van der Waals surface area contributed by atoms with Crippen molar-refractivity contribution in [1.29, 1.82) is 0 Å². The number of thioether (sulfide) groups is 1. The minimum absolute atomic E-state index is 0.0538. The second-order valence-electron chi connectivity index (χ2n) is 7.36. The number of hydrogen-bond donors (Lipinski definition) is 1. The molecule has 0 aliphatic carbocycles. The summed E-state index contributed by atoms with van der Waals surface area (Å²) in [5, 5.41) is 2.99. The molecule has 1 aromatic heterocycles. The van der Waals surface area contributed by atoms with Crippen molar-refractivity contribution in [2.24, 2.45) is 0 Å². The van der Waals surface area contributed by atoms with Crippen LogP contribution in [0.2, 0.25) is 0 Å². The van der Waals surface area contributed by atoms with Gasteiger partial charge in [-0.3, -0.25) is 9.59 Å². The Labute approximate surface area is 180 Å². The molecule has 2 aliphatic heterocycles. The summed E-state index contributed by atoms with van der Waals surface area (Å²) in [6.07, 6.45) is 1.70. The zero-order chi connectivity index (χ0) is 20.9. The molecule has 4 rings (SSSR count). The van der Waals surface area contributed by atoms with Gasteiger partial charge in [-0.05, 0) is 42.8 Å². The highest BCUT2D eigenvalue weighted by Crippen LogP contribution is 2.23. The van der Waals surface area contributed by atoms with Gasteiger partial charge in [-0.1, -0.05) is 0 Å². The van der Waals surface area contributed by atoms with Crippen LogP contribution in [0.15, 0.2) is 36.5 Å². The van der Waals surface area contributed by atoms with Crippen LogP contribution >= 0.6 is 11.8 Å². The highest BCUT2D eigenvalue weighted by atomic mass is 32.2. The van der Waals surface area contributed by atoms with Gasteiger partial charge in [0, 0.05) is 55.1 Å². The fourth-order valence-electron chi connectivity index (χ4n) is 3.68. The van der Waals surface area contributed by atoms with Crippen LogP contribution in [0.5, 0.6) is 0 Å². The van der Waals surface area contributed by atoms with Crippen molar-refractivity contribution in [3.8, 4) is 0 Å². The van der Waals surface area contributed by atoms with Crippen LogP contribution in [0.25, 0.3) is 0 Å². The van der Waals surface area contributed by atoms with Crippen LogP contribution in [0.1, 0.15) is 26.3 Å². The van der Waals surface area contributed by atoms with Gasteiger partial charge in [-0.2, -0.15) is 11.8 Å². The van der Waals surface area contributed by atoms with Crippen molar-refractivity contribution >= 4 is 35.1 Å². The second-order valence-corrected chi connectivity index (χ2v) is 8.59. The number of nitrogens with one attached hydrogen (secondary N) is 1. The van der Waals surface area contributed by atoms with E-state index in [1.807, 2.05) is 35.7 Å². The Kier molecular flexibility index (Phi) is 6.54. The lowest BCUT2D eigenvalue weighted by Crippen LogP contribution is -2.38. The van der Waals surface area contributed by atoms with Gasteiger partial charge >= 0.3 is 0 Å². The number of anilines is 2. The molecule has 0 atom stereocenters. The molecule has 2 aromatic rings. The molecule has 0 saturated carbocycles. The predicted octanol–water partition coefficient (Wildman–Crippen LogP) is 2.67. The first-order valence-corrected chi connectivity index (χ1v) is 11.4. The number of benzene rings is 1. The molecule has 30 heavy (non-hydrogen) atoms. The molecule has 2 fully saturated rings. The summed E-state index contributed by atoms with van der Waals surface area (Å²) in [5.74, 6) is 2.48. The summed E-state index contributed by atoms with van der Waals surface area (Å²) in [4.78, 5) is 34.1. The minimum Gasteiger partial charge on any atom is -0.378 e. The fourth-order valence-corrected chi connectivity index (χ4v) is 4.58. The Hall–Kier alpha value is -2.58. The summed E-state index contributed by atoms with van der Waals surface area (Å²) in [6.45, 7) is 6.15. The number of morpholine rings is 1. The van der Waals surface area contributed by atoms with Gasteiger partial charge in [-0.15, -0.1) is 0 Å². The van der Waals surface area contributed by atoms with Crippen molar-refractivity contribution in [2.45, 2.75) is 6.92 Å². The molecule has 158 valence electrons. The lowest BCUT2D eigenvalue weighted by Gasteiger charge is -2.29. The van der Waals surface area contributed by atoms with E-state index < -0.39 is 0 Å². The first-order chi connectivity index (χ1) is 14.6. The van der Waals surface area contributed by atoms with E-state index in [1.165, 1.54) is 0 Å². The van der Waals surface area contributed by atoms with E-state index in [9.17, 15) is 9.59 Å². The third-order valence-electron chi connectivity index (χ3n) is 5.36. The van der Waals surface area contributed by atoms with E-state index in [0.717, 1.165) is 30.2 Å². The Balaban J connectivity index is 1.49. The van der Waals surface area contributed by atoms with Crippen molar-refractivity contribution in [1.82, 2.24) is 9.88 Å². The number of carbonyl (C=O) groups is 2. The number of ether oxygens (including phenoxy) is 1. The molecule has 2 aliphatic rings. The molecule has 0 radical (unpaired) electrons. The second kappa shape index (κ2) is 9.49. The molecule has 0 bridgehead atoms. The van der Waals surface area contributed by atoms with Gasteiger partial charge in [0.25, 0.3) is 11.8 Å². The molecule has 0 spiro atoms. The van der Waals surface area contributed by atoms with Crippen molar-refractivity contribution in [2.75, 3.05) is 61.1 Å². The van der Waals surface area contributed by atoms with Crippen molar-refractivity contribution in [3.05, 3.63) is 53.2 Å². The topological polar surface area (TPSA) is 74.8 Å². The first kappa shape index (κ1) is 20.7. The Morgan fingerprint density at radius 1 is 1.10 bits per heavy atom. The maximum absolute atomic E-state index is 13.0. The molecule has 1 N–H and O–H groups in total. The first-order valence-electron chi connectivity index (χ1n) is 10.2. The van der Waals surface area contributed by atoms with E-state index in [0.29, 0.717) is 48.9 Å². The molecule has 0 unspecified atom stereocenters. The van der Waals surface area contributed by atoms with E-state index in [2.05, 4.69) is 15.2 Å². The van der Waals surface area contributed by atoms with Crippen LogP contribution < -0.4 is 10.2 Å². The molecule has 3 heterocycles. The maximum atomic E-state index is 13.0. The van der Waals surface area contributed by atoms with Crippen LogP contribution in [0.3, 0.4) is 0 Å². The van der Waals surface area contributed by atoms with Gasteiger partial charge < -0.3 is 19.9 Å². The number of nitrogens with zero attached hydrogens (tertiary/aromatic N) is 3. The lowest BCUT2D eigenvalue weighted by molar-refractivity contribution is 0.0772. The molecule has 2 amide bonds. The Morgan fingerprint density at radius 3 is 2.60 bits per heavy atom. The summed E-state index contributed by atoms with van der Waals surface area (Å²) < 4.78 is 5.41. The molecular formula is C22H26N4O3S. The summed E-state index contributed by atoms with van der Waals surface area (Å²) in [5.41, 5.74) is 2.75. The fraction of sp³-hybridized carbons (Fsp3) is 0.409. The van der Waals surface area contributed by atoms with Crippen LogP contribution in [0.4, 0.5) is 11.5 Å². The SMILES string of the molecule is Cc1cc(C(=O)N2CCSCC2)ccc1NC(=O)c1cccnc1N1CCOCC1. The van der Waals surface area contributed by atoms with Gasteiger partial charge in [0.1, 0.15) is 5.82 Å². The standard InChI is InChI=1S/C22H26N4O3S/c1-16-15-17(22(28)26-9-13-30-14-10-26)4-5-19(16)24-21(27)18-3-2-6-23-20(18)25-7-11-29-12-8-25/h2-6,15H,7-14H2,1H3,(H,24,27). The average Bonchev–Trinajstić information content (AvgIpc) is 2.81. The number of carbonyl (C=O) groups excluding carboxylic acids is 2. The van der Waals surface area contributed by atoms with Gasteiger partial charge in [0.2, 0.25) is 0 Å². The highest BCUT2D eigenvalue weighted by Gasteiger charge is 2.22. The maximum Gasteiger partial charge on any atom is 0.259 e. The molecule has 8 heteroatoms. The molecule has 2 saturated heterocycles. The molecule has 7 nitrogen and oxygen atoms in total. The summed E-state index contributed by atoms with van der Waals surface area (Å²) >= 11 is 1.88. The summed E-state index contributed by atoms with van der Waals surface area (Å²) in [7, 11) is 0. The van der Waals surface area contributed by atoms with Crippen molar-refractivity contribution in [3.63, 3.8) is 0 Å². The minimum atomic E-state index is -0.208. The van der Waals surface area contributed by atoms with Crippen molar-refractivity contribution < 1.29 is 14.3 Å². The van der Waals surface area contributed by atoms with E-state index >= 15 is 0 Å². The smallest absolute Gasteiger partial charge is 0.259 e. The monoisotopic (exact) mass is 426 g/mol. The van der Waals surface area contributed by atoms with Crippen LogP contribution in [0, 0.1) is 6.92 Å². The van der Waals surface area contributed by atoms with E-state index in [-0.39, 0.29) is 11.8 Å². The highest BCUT2D eigenvalue weighted by molar-refractivity contribution is 7.99. The average molecular weight is 427 g/mol. The van der Waals surface area contributed by atoms with Gasteiger partial charge in [0.15, 0.2) is 0 Å². The molecular weight excluding hydrogens is 400 g/mol. The quantitative estimate of drug-likeness (QED) is 0.810.